The summed E-state index contributed by atoms with van der Waals surface area (Å²) in [5.41, 5.74) is 3.26. The van der Waals surface area contributed by atoms with Gasteiger partial charge in [-0.2, -0.15) is 0 Å². The molecule has 0 spiro atoms. The molecule has 2 aromatic carbocycles. The minimum absolute atomic E-state index is 0.0558. The van der Waals surface area contributed by atoms with Crippen LogP contribution in [0, 0.1) is 12.7 Å². The van der Waals surface area contributed by atoms with Crippen LogP contribution in [0.3, 0.4) is 0 Å². The molecule has 0 fully saturated rings. The lowest BCUT2D eigenvalue weighted by atomic mass is 9.95. The first-order valence-electron chi connectivity index (χ1n) is 6.95. The Kier molecular flexibility index (Phi) is 3.37. The molecule has 21 heavy (non-hydrogen) atoms. The minimum Gasteiger partial charge on any atom is -0.377 e. The van der Waals surface area contributed by atoms with Crippen molar-refractivity contribution in [3.8, 4) is 0 Å². The van der Waals surface area contributed by atoms with Crippen molar-refractivity contribution in [1.29, 1.82) is 0 Å². The first kappa shape index (κ1) is 13.6. The second kappa shape index (κ2) is 5.20. The largest absolute Gasteiger partial charge is 0.377 e. The molecule has 1 aliphatic heterocycles. The van der Waals surface area contributed by atoms with E-state index in [0.29, 0.717) is 12.0 Å². The number of fused-ring (bicyclic) bond motifs is 1. The van der Waals surface area contributed by atoms with Crippen LogP contribution in [0.2, 0.25) is 0 Å². The van der Waals surface area contributed by atoms with Gasteiger partial charge >= 0.3 is 0 Å². The summed E-state index contributed by atoms with van der Waals surface area (Å²) in [4.78, 5) is 13.8. The van der Waals surface area contributed by atoms with Crippen molar-refractivity contribution >= 4 is 17.3 Å². The van der Waals surface area contributed by atoms with Gasteiger partial charge in [0.05, 0.1) is 12.5 Å². The second-order valence-corrected chi connectivity index (χ2v) is 5.33. The number of benzene rings is 2. The van der Waals surface area contributed by atoms with Gasteiger partial charge in [0, 0.05) is 24.0 Å². The van der Waals surface area contributed by atoms with Crippen LogP contribution >= 0.6 is 0 Å². The highest BCUT2D eigenvalue weighted by atomic mass is 19.1. The Hall–Kier alpha value is -2.36. The van der Waals surface area contributed by atoms with Crippen molar-refractivity contribution in [1.82, 2.24) is 0 Å². The molecule has 1 unspecified atom stereocenters. The third kappa shape index (κ3) is 2.37. The van der Waals surface area contributed by atoms with E-state index in [1.165, 1.54) is 6.07 Å². The molecule has 3 rings (SSSR count). The predicted molar refractivity (Wildman–Crippen MR) is 82.0 cm³/mol. The molecule has 0 saturated carbocycles. The van der Waals surface area contributed by atoms with E-state index in [1.54, 1.807) is 24.9 Å². The van der Waals surface area contributed by atoms with E-state index in [4.69, 9.17) is 0 Å². The lowest BCUT2D eigenvalue weighted by Gasteiger charge is -2.32. The van der Waals surface area contributed by atoms with Crippen molar-refractivity contribution in [2.75, 3.05) is 17.3 Å². The zero-order chi connectivity index (χ0) is 15.0. The molecule has 1 amide bonds. The summed E-state index contributed by atoms with van der Waals surface area (Å²) in [7, 11) is 1.78. The highest BCUT2D eigenvalue weighted by Crippen LogP contribution is 2.36. The quantitative estimate of drug-likeness (QED) is 0.913. The molecule has 3 nitrogen and oxygen atoms in total. The molecule has 0 radical (unpaired) electrons. The number of hydrogen-bond donors (Lipinski definition) is 1. The van der Waals surface area contributed by atoms with Gasteiger partial charge < -0.3 is 10.2 Å². The third-order valence-electron chi connectivity index (χ3n) is 4.02. The lowest BCUT2D eigenvalue weighted by Crippen LogP contribution is -2.35. The second-order valence-electron chi connectivity index (χ2n) is 5.33. The average Bonchev–Trinajstić information content (AvgIpc) is 2.49. The smallest absolute Gasteiger partial charge is 0.229 e. The van der Waals surface area contributed by atoms with Crippen LogP contribution < -0.4 is 10.2 Å². The van der Waals surface area contributed by atoms with Gasteiger partial charge in [-0.3, -0.25) is 4.79 Å². The summed E-state index contributed by atoms with van der Waals surface area (Å²) < 4.78 is 13.7. The highest BCUT2D eigenvalue weighted by Gasteiger charge is 2.29. The fourth-order valence-corrected chi connectivity index (χ4v) is 2.72. The molecule has 0 saturated heterocycles. The van der Waals surface area contributed by atoms with E-state index in [9.17, 15) is 9.18 Å². The summed E-state index contributed by atoms with van der Waals surface area (Å²) >= 11 is 0. The zero-order valence-corrected chi connectivity index (χ0v) is 12.1. The number of halogens is 1. The van der Waals surface area contributed by atoms with Gasteiger partial charge in [-0.15, -0.1) is 0 Å². The Morgan fingerprint density at radius 2 is 1.95 bits per heavy atom. The van der Waals surface area contributed by atoms with E-state index in [0.717, 1.165) is 16.9 Å². The molecule has 1 heterocycles. The van der Waals surface area contributed by atoms with Crippen LogP contribution in [0.15, 0.2) is 42.5 Å². The molecular weight excluding hydrogens is 267 g/mol. The maximum atomic E-state index is 13.7. The van der Waals surface area contributed by atoms with Gasteiger partial charge in [-0.05, 0) is 30.7 Å². The summed E-state index contributed by atoms with van der Waals surface area (Å²) in [6, 6.07) is 12.6. The first-order valence-corrected chi connectivity index (χ1v) is 6.95. The van der Waals surface area contributed by atoms with E-state index in [2.05, 4.69) is 5.32 Å². The molecule has 1 N–H and O–H groups in total. The number of amides is 1. The predicted octanol–water partition coefficient (Wildman–Crippen LogP) is 3.65. The average molecular weight is 284 g/mol. The molecule has 0 bridgehead atoms. The standard InChI is InChI=1S/C17H17FN2O/c1-11-13(18)7-5-8-14(11)19-15-10-17(21)20(2)16-9-4-3-6-12(15)16/h3-9,15,19H,10H2,1-2H3. The van der Waals surface area contributed by atoms with Gasteiger partial charge in [0.1, 0.15) is 5.82 Å². The van der Waals surface area contributed by atoms with Gasteiger partial charge in [-0.1, -0.05) is 24.3 Å². The molecule has 108 valence electrons. The Morgan fingerprint density at radius 3 is 2.76 bits per heavy atom. The number of carbonyl (C=O) groups is 1. The van der Waals surface area contributed by atoms with Crippen LogP contribution in [-0.4, -0.2) is 13.0 Å². The maximum Gasteiger partial charge on any atom is 0.229 e. The number of nitrogens with zero attached hydrogens (tertiary/aromatic N) is 1. The molecule has 0 aliphatic carbocycles. The Bertz CT molecular complexity index is 699. The summed E-state index contributed by atoms with van der Waals surface area (Å²) in [5, 5.41) is 3.31. The number of nitrogens with one attached hydrogen (secondary N) is 1. The van der Waals surface area contributed by atoms with E-state index >= 15 is 0 Å². The molecular formula is C17H17FN2O. The minimum atomic E-state index is -0.243. The van der Waals surface area contributed by atoms with Crippen LogP contribution in [0.1, 0.15) is 23.6 Å². The maximum absolute atomic E-state index is 13.7. The van der Waals surface area contributed by atoms with Gasteiger partial charge in [-0.25, -0.2) is 4.39 Å². The van der Waals surface area contributed by atoms with Crippen LogP contribution in [0.25, 0.3) is 0 Å². The van der Waals surface area contributed by atoms with Crippen molar-refractivity contribution in [3.63, 3.8) is 0 Å². The summed E-state index contributed by atoms with van der Waals surface area (Å²) in [6.07, 6.45) is 0.365. The fourth-order valence-electron chi connectivity index (χ4n) is 2.72. The number of anilines is 2. The molecule has 4 heteroatoms. The zero-order valence-electron chi connectivity index (χ0n) is 12.1. The number of hydrogen-bond acceptors (Lipinski definition) is 2. The van der Waals surface area contributed by atoms with Crippen LogP contribution in [0.5, 0.6) is 0 Å². The SMILES string of the molecule is Cc1c(F)cccc1NC1CC(=O)N(C)c2ccccc21. The molecule has 1 atom stereocenters. The number of para-hydroxylation sites is 1. The van der Waals surface area contributed by atoms with Crippen molar-refractivity contribution in [2.45, 2.75) is 19.4 Å². The molecule has 2 aromatic rings. The van der Waals surface area contributed by atoms with Gasteiger partial charge in [0.25, 0.3) is 0 Å². The van der Waals surface area contributed by atoms with Crippen LogP contribution in [-0.2, 0) is 4.79 Å². The van der Waals surface area contributed by atoms with Crippen LogP contribution in [0.4, 0.5) is 15.8 Å². The Balaban J connectivity index is 1.98. The van der Waals surface area contributed by atoms with E-state index < -0.39 is 0 Å². The summed E-state index contributed by atoms with van der Waals surface area (Å²) in [6.45, 7) is 1.74. The molecule has 1 aliphatic rings. The Labute approximate surface area is 123 Å². The topological polar surface area (TPSA) is 32.3 Å². The third-order valence-corrected chi connectivity index (χ3v) is 4.02. The fraction of sp³-hybridized carbons (Fsp3) is 0.235. The lowest BCUT2D eigenvalue weighted by molar-refractivity contribution is -0.118. The van der Waals surface area contributed by atoms with Gasteiger partial charge in [0.15, 0.2) is 0 Å². The number of carbonyl (C=O) groups excluding carboxylic acids is 1. The van der Waals surface area contributed by atoms with Crippen molar-refractivity contribution in [3.05, 3.63) is 59.4 Å². The van der Waals surface area contributed by atoms with Gasteiger partial charge in [0.2, 0.25) is 5.91 Å². The first-order chi connectivity index (χ1) is 10.1. The highest BCUT2D eigenvalue weighted by molar-refractivity contribution is 5.97. The van der Waals surface area contributed by atoms with Crippen molar-refractivity contribution in [2.24, 2.45) is 0 Å². The van der Waals surface area contributed by atoms with E-state index in [-0.39, 0.29) is 17.8 Å². The van der Waals surface area contributed by atoms with E-state index in [1.807, 2.05) is 30.3 Å². The van der Waals surface area contributed by atoms with Crippen molar-refractivity contribution < 1.29 is 9.18 Å². The summed E-state index contributed by atoms with van der Waals surface area (Å²) in [5.74, 6) is -0.187. The number of rotatable bonds is 2. The molecule has 0 aromatic heterocycles. The monoisotopic (exact) mass is 284 g/mol. The normalized spacial score (nSPS) is 17.6. The Morgan fingerprint density at radius 1 is 1.19 bits per heavy atom.